The molecule has 25 heavy (non-hydrogen) atoms. The van der Waals surface area contributed by atoms with Gasteiger partial charge in [-0.15, -0.1) is 0 Å². The highest BCUT2D eigenvalue weighted by Crippen LogP contribution is 2.18. The van der Waals surface area contributed by atoms with Crippen LogP contribution in [-0.4, -0.2) is 32.5 Å². The number of hydrogen-bond acceptors (Lipinski definition) is 5. The van der Waals surface area contributed by atoms with Gasteiger partial charge in [-0.25, -0.2) is 13.1 Å². The van der Waals surface area contributed by atoms with E-state index in [9.17, 15) is 8.42 Å². The largest absolute Gasteiger partial charge is 0.472 e. The van der Waals surface area contributed by atoms with Crippen LogP contribution in [0.5, 0.6) is 0 Å². The smallest absolute Gasteiger partial charge is 0.240 e. The molecule has 0 unspecified atom stereocenters. The van der Waals surface area contributed by atoms with Crippen LogP contribution in [-0.2, 0) is 16.4 Å². The Morgan fingerprint density at radius 3 is 2.88 bits per heavy atom. The number of aromatic nitrogens is 1. The standard InChI is InChI=1S/C18H21N3O3S/c1-14(11-19-7-4-15-6-9-24-13-15)21-25(22,23)18-3-2-17-12-20-8-5-16(17)10-18/h2-3,5-6,8-10,12-14,19,21H,4,7,11H2,1H3/t14-/m0/s1. The monoisotopic (exact) mass is 359 g/mol. The van der Waals surface area contributed by atoms with Crippen LogP contribution in [0, 0.1) is 0 Å². The van der Waals surface area contributed by atoms with Crippen LogP contribution in [0.25, 0.3) is 10.8 Å². The van der Waals surface area contributed by atoms with Crippen molar-refractivity contribution < 1.29 is 12.8 Å². The van der Waals surface area contributed by atoms with E-state index in [-0.39, 0.29) is 10.9 Å². The Balaban J connectivity index is 1.56. The molecule has 0 fully saturated rings. The molecule has 0 amide bonds. The highest BCUT2D eigenvalue weighted by Gasteiger charge is 2.17. The molecular formula is C18H21N3O3S. The summed E-state index contributed by atoms with van der Waals surface area (Å²) in [7, 11) is -3.56. The fourth-order valence-electron chi connectivity index (χ4n) is 2.59. The minimum absolute atomic E-state index is 0.220. The van der Waals surface area contributed by atoms with Crippen LogP contribution in [0.2, 0.25) is 0 Å². The Kier molecular flexibility index (Phi) is 5.47. The molecule has 7 heteroatoms. The predicted octanol–water partition coefficient (Wildman–Crippen LogP) is 2.33. The second-order valence-electron chi connectivity index (χ2n) is 5.99. The van der Waals surface area contributed by atoms with E-state index < -0.39 is 10.0 Å². The van der Waals surface area contributed by atoms with Gasteiger partial charge in [0.1, 0.15) is 0 Å². The summed E-state index contributed by atoms with van der Waals surface area (Å²) >= 11 is 0. The van der Waals surface area contributed by atoms with Gasteiger partial charge in [-0.1, -0.05) is 6.07 Å². The molecule has 0 saturated carbocycles. The number of hydrogen-bond donors (Lipinski definition) is 2. The topological polar surface area (TPSA) is 84.2 Å². The summed E-state index contributed by atoms with van der Waals surface area (Å²) in [6.45, 7) is 3.15. The van der Waals surface area contributed by atoms with E-state index in [2.05, 4.69) is 15.0 Å². The molecule has 0 aliphatic rings. The zero-order chi connectivity index (χ0) is 17.7. The molecule has 0 aliphatic carbocycles. The Hall–Kier alpha value is -2.22. The lowest BCUT2D eigenvalue weighted by molar-refractivity contribution is 0.535. The zero-order valence-electron chi connectivity index (χ0n) is 14.0. The second kappa shape index (κ2) is 7.77. The van der Waals surface area contributed by atoms with Gasteiger partial charge in [0.15, 0.2) is 0 Å². The van der Waals surface area contributed by atoms with Crippen molar-refractivity contribution in [3.8, 4) is 0 Å². The maximum absolute atomic E-state index is 12.5. The van der Waals surface area contributed by atoms with Crippen LogP contribution in [0.15, 0.2) is 64.6 Å². The normalized spacial score (nSPS) is 13.2. The maximum Gasteiger partial charge on any atom is 0.240 e. The number of fused-ring (bicyclic) bond motifs is 1. The third-order valence-electron chi connectivity index (χ3n) is 3.90. The van der Waals surface area contributed by atoms with Crippen molar-refractivity contribution in [1.82, 2.24) is 15.0 Å². The van der Waals surface area contributed by atoms with Crippen molar-refractivity contribution in [3.05, 3.63) is 60.8 Å². The average molecular weight is 359 g/mol. The van der Waals surface area contributed by atoms with Crippen LogP contribution >= 0.6 is 0 Å². The predicted molar refractivity (Wildman–Crippen MR) is 96.8 cm³/mol. The van der Waals surface area contributed by atoms with Gasteiger partial charge in [0.2, 0.25) is 10.0 Å². The summed E-state index contributed by atoms with van der Waals surface area (Å²) < 4.78 is 32.8. The molecule has 0 aliphatic heterocycles. The Morgan fingerprint density at radius 2 is 2.08 bits per heavy atom. The summed E-state index contributed by atoms with van der Waals surface area (Å²) in [4.78, 5) is 4.29. The van der Waals surface area contributed by atoms with Crippen molar-refractivity contribution in [1.29, 1.82) is 0 Å². The number of nitrogens with one attached hydrogen (secondary N) is 2. The van der Waals surface area contributed by atoms with Gasteiger partial charge in [-0.05, 0) is 55.1 Å². The van der Waals surface area contributed by atoms with E-state index in [0.717, 1.165) is 29.3 Å². The van der Waals surface area contributed by atoms with Crippen molar-refractivity contribution >= 4 is 20.8 Å². The molecule has 2 aromatic heterocycles. The van der Waals surface area contributed by atoms with E-state index in [0.29, 0.717) is 6.54 Å². The molecular weight excluding hydrogens is 338 g/mol. The van der Waals surface area contributed by atoms with Crippen LogP contribution in [0.1, 0.15) is 12.5 Å². The van der Waals surface area contributed by atoms with Crippen molar-refractivity contribution in [2.75, 3.05) is 13.1 Å². The third kappa shape index (κ3) is 4.66. The molecule has 0 saturated heterocycles. The molecule has 0 radical (unpaired) electrons. The number of furan rings is 1. The van der Waals surface area contributed by atoms with Crippen LogP contribution in [0.4, 0.5) is 0 Å². The van der Waals surface area contributed by atoms with Crippen molar-refractivity contribution in [3.63, 3.8) is 0 Å². The summed E-state index contributed by atoms with van der Waals surface area (Å²) in [5.41, 5.74) is 1.12. The quantitative estimate of drug-likeness (QED) is 0.603. The fourth-order valence-corrected chi connectivity index (χ4v) is 3.87. The molecule has 0 bridgehead atoms. The molecule has 0 spiro atoms. The summed E-state index contributed by atoms with van der Waals surface area (Å²) in [6, 6.07) is 8.54. The van der Waals surface area contributed by atoms with E-state index in [1.165, 1.54) is 0 Å². The first-order valence-corrected chi connectivity index (χ1v) is 9.61. The van der Waals surface area contributed by atoms with Gasteiger partial charge in [0, 0.05) is 30.4 Å². The Bertz CT molecular complexity index is 924. The van der Waals surface area contributed by atoms with Gasteiger partial charge in [-0.3, -0.25) is 4.98 Å². The van der Waals surface area contributed by atoms with Gasteiger partial charge in [0.25, 0.3) is 0 Å². The van der Waals surface area contributed by atoms with E-state index in [1.807, 2.05) is 13.0 Å². The molecule has 2 N–H and O–H groups in total. The SMILES string of the molecule is C[C@@H](CNCCc1ccoc1)NS(=O)(=O)c1ccc2cnccc2c1. The Labute approximate surface area is 147 Å². The van der Waals surface area contributed by atoms with E-state index in [4.69, 9.17) is 4.42 Å². The molecule has 6 nitrogen and oxygen atoms in total. The second-order valence-corrected chi connectivity index (χ2v) is 7.71. The van der Waals surface area contributed by atoms with Crippen LogP contribution in [0.3, 0.4) is 0 Å². The number of rotatable bonds is 8. The number of nitrogens with zero attached hydrogens (tertiary/aromatic N) is 1. The lowest BCUT2D eigenvalue weighted by Crippen LogP contribution is -2.40. The lowest BCUT2D eigenvalue weighted by Gasteiger charge is -2.15. The van der Waals surface area contributed by atoms with Gasteiger partial charge < -0.3 is 9.73 Å². The minimum atomic E-state index is -3.56. The molecule has 1 atom stereocenters. The first-order chi connectivity index (χ1) is 12.0. The number of sulfonamides is 1. The molecule has 132 valence electrons. The fraction of sp³-hybridized carbons (Fsp3) is 0.278. The van der Waals surface area contributed by atoms with Crippen molar-refractivity contribution in [2.45, 2.75) is 24.3 Å². The highest BCUT2D eigenvalue weighted by molar-refractivity contribution is 7.89. The van der Waals surface area contributed by atoms with Gasteiger partial charge >= 0.3 is 0 Å². The van der Waals surface area contributed by atoms with Gasteiger partial charge in [0.05, 0.1) is 17.4 Å². The average Bonchev–Trinajstić information content (AvgIpc) is 3.11. The van der Waals surface area contributed by atoms with Crippen LogP contribution < -0.4 is 10.0 Å². The lowest BCUT2D eigenvalue weighted by atomic mass is 10.2. The first kappa shape index (κ1) is 17.6. The maximum atomic E-state index is 12.5. The summed E-state index contributed by atoms with van der Waals surface area (Å²) in [5.74, 6) is 0. The first-order valence-electron chi connectivity index (χ1n) is 8.12. The Morgan fingerprint density at radius 1 is 1.20 bits per heavy atom. The zero-order valence-corrected chi connectivity index (χ0v) is 14.8. The summed E-state index contributed by atoms with van der Waals surface area (Å²) in [6.07, 6.45) is 7.56. The van der Waals surface area contributed by atoms with Gasteiger partial charge in [-0.2, -0.15) is 0 Å². The molecule has 1 aromatic carbocycles. The third-order valence-corrected chi connectivity index (χ3v) is 5.49. The van der Waals surface area contributed by atoms with E-state index >= 15 is 0 Å². The highest BCUT2D eigenvalue weighted by atomic mass is 32.2. The molecule has 2 heterocycles. The van der Waals surface area contributed by atoms with Crippen molar-refractivity contribution in [2.24, 2.45) is 0 Å². The van der Waals surface area contributed by atoms with E-state index in [1.54, 1.807) is 49.2 Å². The minimum Gasteiger partial charge on any atom is -0.472 e. The number of pyridine rings is 1. The summed E-state index contributed by atoms with van der Waals surface area (Å²) in [5, 5.41) is 5.01. The number of benzene rings is 1. The molecule has 3 rings (SSSR count). The molecule has 3 aromatic rings.